The zero-order valence-corrected chi connectivity index (χ0v) is 8.31. The minimum absolute atomic E-state index is 0. The average molecular weight is 215 g/mol. The summed E-state index contributed by atoms with van der Waals surface area (Å²) in [5, 5.41) is 0. The number of alkyl halides is 2. The highest BCUT2D eigenvalue weighted by atomic mass is 35.5. The van der Waals surface area contributed by atoms with Gasteiger partial charge in [-0.3, -0.25) is 4.90 Å². The van der Waals surface area contributed by atoms with Gasteiger partial charge in [-0.1, -0.05) is 0 Å². The maximum Gasteiger partial charge on any atom is 1.00 e. The molecular formula is C8H17ClF2N2. The highest BCUT2D eigenvalue weighted by Gasteiger charge is 2.23. The van der Waals surface area contributed by atoms with Gasteiger partial charge in [0.2, 0.25) is 0 Å². The molecule has 0 amide bonds. The lowest BCUT2D eigenvalue weighted by molar-refractivity contribution is -0.00000414. The van der Waals surface area contributed by atoms with Crippen LogP contribution in [0, 0.1) is 0 Å². The van der Waals surface area contributed by atoms with Crippen LogP contribution in [-0.2, 0) is 0 Å². The number of hydrogen-bond donors (Lipinski definition) is 1. The Morgan fingerprint density at radius 3 is 2.54 bits per heavy atom. The lowest BCUT2D eigenvalue weighted by Gasteiger charge is -2.34. The minimum atomic E-state index is -0.608. The first kappa shape index (κ1) is 13.1. The Hall–Kier alpha value is 0.0700. The maximum atomic E-state index is 12.2. The molecule has 0 aromatic rings. The Morgan fingerprint density at radius 1 is 1.46 bits per heavy atom. The molecular weight excluding hydrogens is 198 g/mol. The van der Waals surface area contributed by atoms with Gasteiger partial charge >= 0.3 is 1.43 Å². The highest BCUT2D eigenvalue weighted by Crippen LogP contribution is 2.12. The zero-order valence-electron chi connectivity index (χ0n) is 8.56. The van der Waals surface area contributed by atoms with E-state index in [0.717, 1.165) is 19.4 Å². The fourth-order valence-electron chi connectivity index (χ4n) is 1.61. The van der Waals surface area contributed by atoms with Gasteiger partial charge in [-0.15, -0.1) is 0 Å². The first-order chi connectivity index (χ1) is 5.77. The van der Waals surface area contributed by atoms with Crippen LogP contribution in [0.4, 0.5) is 8.78 Å². The Labute approximate surface area is 85.4 Å². The van der Waals surface area contributed by atoms with E-state index in [1.165, 1.54) is 0 Å². The number of nitrogens with zero attached hydrogens (tertiary/aromatic N) is 1. The molecule has 1 aliphatic rings. The van der Waals surface area contributed by atoms with Crippen molar-refractivity contribution in [3.05, 3.63) is 0 Å². The molecule has 0 spiro atoms. The van der Waals surface area contributed by atoms with Crippen molar-refractivity contribution in [2.45, 2.75) is 24.9 Å². The largest absolute Gasteiger partial charge is 1.00 e. The van der Waals surface area contributed by atoms with Gasteiger partial charge in [-0.05, 0) is 19.4 Å². The van der Waals surface area contributed by atoms with Crippen LogP contribution >= 0.6 is 0 Å². The number of piperidine rings is 1. The van der Waals surface area contributed by atoms with E-state index in [9.17, 15) is 8.78 Å². The number of halogens is 3. The fourth-order valence-corrected chi connectivity index (χ4v) is 1.61. The van der Waals surface area contributed by atoms with E-state index < -0.39 is 19.4 Å². The third-order valence-electron chi connectivity index (χ3n) is 2.36. The van der Waals surface area contributed by atoms with E-state index in [1.807, 2.05) is 4.90 Å². The smallest absolute Gasteiger partial charge is 1.00 e. The molecule has 1 aliphatic heterocycles. The molecule has 2 N–H and O–H groups in total. The minimum Gasteiger partial charge on any atom is -1.00 e. The van der Waals surface area contributed by atoms with Gasteiger partial charge in [0.25, 0.3) is 0 Å². The average Bonchev–Trinajstić information content (AvgIpc) is 2.07. The fraction of sp³-hybridized carbons (Fsp3) is 1.00. The van der Waals surface area contributed by atoms with Crippen molar-refractivity contribution >= 4 is 0 Å². The molecule has 0 saturated carbocycles. The second kappa shape index (κ2) is 6.51. The van der Waals surface area contributed by atoms with Crippen LogP contribution in [-0.4, -0.2) is 43.4 Å². The van der Waals surface area contributed by atoms with Crippen LogP contribution in [0.1, 0.15) is 14.3 Å². The van der Waals surface area contributed by atoms with Gasteiger partial charge in [0.1, 0.15) is 13.3 Å². The summed E-state index contributed by atoms with van der Waals surface area (Å²) in [6, 6.07) is -0.462. The Morgan fingerprint density at radius 2 is 2.08 bits per heavy atom. The van der Waals surface area contributed by atoms with E-state index in [0.29, 0.717) is 6.54 Å². The second-order valence-electron chi connectivity index (χ2n) is 3.36. The van der Waals surface area contributed by atoms with Crippen molar-refractivity contribution in [3.63, 3.8) is 0 Å². The first-order valence-corrected chi connectivity index (χ1v) is 4.39. The molecule has 13 heavy (non-hydrogen) atoms. The Bertz CT molecular complexity index is 139. The van der Waals surface area contributed by atoms with Gasteiger partial charge in [-0.25, -0.2) is 8.78 Å². The summed E-state index contributed by atoms with van der Waals surface area (Å²) in [6.07, 6.45) is 1.93. The number of hydrogen-bond acceptors (Lipinski definition) is 2. The molecule has 2 nitrogen and oxygen atoms in total. The standard InChI is InChI=1S/C8H16F2N2.ClH/c9-4-8(5-10)12-3-1-2-7(11)6-12;/h7-8H,1-6,11H2;1H/t7-;/m1./s1. The lowest BCUT2D eigenvalue weighted by Crippen LogP contribution is -3.00. The Kier molecular flexibility index (Phi) is 6.55. The summed E-state index contributed by atoms with van der Waals surface area (Å²) in [4.78, 5) is 1.81. The van der Waals surface area contributed by atoms with Gasteiger partial charge < -0.3 is 18.1 Å². The summed E-state index contributed by atoms with van der Waals surface area (Å²) in [6.45, 7) is 0.206. The molecule has 0 unspecified atom stereocenters. The molecule has 5 heteroatoms. The van der Waals surface area contributed by atoms with Crippen LogP contribution < -0.4 is 18.1 Å². The molecule has 0 aliphatic carbocycles. The van der Waals surface area contributed by atoms with E-state index in [1.54, 1.807) is 0 Å². The van der Waals surface area contributed by atoms with Crippen molar-refractivity contribution in [1.82, 2.24) is 4.90 Å². The van der Waals surface area contributed by atoms with Crippen LogP contribution in [0.2, 0.25) is 0 Å². The zero-order chi connectivity index (χ0) is 8.97. The summed E-state index contributed by atoms with van der Waals surface area (Å²) in [5.41, 5.74) is 5.69. The molecule has 1 fully saturated rings. The topological polar surface area (TPSA) is 29.3 Å². The second-order valence-corrected chi connectivity index (χ2v) is 3.36. The molecule has 1 atom stereocenters. The van der Waals surface area contributed by atoms with Crippen LogP contribution in [0.5, 0.6) is 0 Å². The first-order valence-electron chi connectivity index (χ1n) is 4.39. The molecule has 0 aromatic heterocycles. The number of rotatable bonds is 3. The number of likely N-dealkylation sites (tertiary alicyclic amines) is 1. The highest BCUT2D eigenvalue weighted by molar-refractivity contribution is 4.80. The monoisotopic (exact) mass is 214 g/mol. The third-order valence-corrected chi connectivity index (χ3v) is 2.36. The summed E-state index contributed by atoms with van der Waals surface area (Å²) < 4.78 is 24.5. The van der Waals surface area contributed by atoms with E-state index in [4.69, 9.17) is 5.73 Å². The summed E-state index contributed by atoms with van der Waals surface area (Å²) >= 11 is 0. The lowest BCUT2D eigenvalue weighted by atomic mass is 10.1. The van der Waals surface area contributed by atoms with Crippen molar-refractivity contribution < 1.29 is 22.6 Å². The number of nitrogens with two attached hydrogens (primary N) is 1. The molecule has 1 saturated heterocycles. The molecule has 1 heterocycles. The molecule has 1 rings (SSSR count). The summed E-state index contributed by atoms with van der Waals surface area (Å²) in [7, 11) is 0. The van der Waals surface area contributed by atoms with E-state index in [-0.39, 0.29) is 19.9 Å². The quantitative estimate of drug-likeness (QED) is 0.580. The molecule has 80 valence electrons. The predicted octanol–water partition coefficient (Wildman–Crippen LogP) is -2.17. The molecule has 0 radical (unpaired) electrons. The maximum absolute atomic E-state index is 12.2. The Balaban J connectivity index is 0. The van der Waals surface area contributed by atoms with Gasteiger partial charge in [-0.2, -0.15) is 0 Å². The normalized spacial score (nSPS) is 24.5. The van der Waals surface area contributed by atoms with Gasteiger partial charge in [0.05, 0.1) is 6.04 Å². The molecule has 0 aromatic carbocycles. The van der Waals surface area contributed by atoms with Crippen molar-refractivity contribution in [3.8, 4) is 0 Å². The third kappa shape index (κ3) is 3.75. The van der Waals surface area contributed by atoms with Crippen molar-refractivity contribution in [2.24, 2.45) is 5.73 Å². The van der Waals surface area contributed by atoms with E-state index in [2.05, 4.69) is 0 Å². The van der Waals surface area contributed by atoms with Crippen LogP contribution in [0.15, 0.2) is 0 Å². The van der Waals surface area contributed by atoms with Crippen LogP contribution in [0.3, 0.4) is 0 Å². The van der Waals surface area contributed by atoms with Crippen molar-refractivity contribution in [1.29, 1.82) is 0 Å². The van der Waals surface area contributed by atoms with Gasteiger partial charge in [0.15, 0.2) is 0 Å². The SMILES string of the molecule is N[C@@H]1CCCN(C(CF)CF)C1.[Cl-].[H+]. The predicted molar refractivity (Wildman–Crippen MR) is 45.6 cm³/mol. The van der Waals surface area contributed by atoms with Gasteiger partial charge in [0, 0.05) is 12.6 Å². The van der Waals surface area contributed by atoms with Crippen LogP contribution in [0.25, 0.3) is 0 Å². The van der Waals surface area contributed by atoms with Crippen molar-refractivity contribution in [2.75, 3.05) is 26.4 Å². The molecule has 0 bridgehead atoms. The summed E-state index contributed by atoms with van der Waals surface area (Å²) in [5.74, 6) is 0. The van der Waals surface area contributed by atoms with E-state index >= 15 is 0 Å².